The van der Waals surface area contributed by atoms with E-state index < -0.39 is 11.6 Å². The van der Waals surface area contributed by atoms with Crippen LogP contribution in [0.1, 0.15) is 60.8 Å². The van der Waals surface area contributed by atoms with E-state index in [1.54, 1.807) is 24.1 Å². The first-order valence-electron chi connectivity index (χ1n) is 12.9. The molecular weight excluding hydrogens is 492 g/mol. The van der Waals surface area contributed by atoms with Crippen LogP contribution in [0, 0.1) is 6.92 Å². The average Bonchev–Trinajstić information content (AvgIpc) is 3.31. The smallest absolute Gasteiger partial charge is 0.408 e. The van der Waals surface area contributed by atoms with Gasteiger partial charge >= 0.3 is 6.09 Å². The summed E-state index contributed by atoms with van der Waals surface area (Å²) in [6.45, 7) is 9.58. The lowest BCUT2D eigenvalue weighted by molar-refractivity contribution is 0.0939. The summed E-state index contributed by atoms with van der Waals surface area (Å²) in [6.07, 6.45) is 2.73. The number of rotatable bonds is 7. The van der Waals surface area contributed by atoms with Crippen LogP contribution in [-0.4, -0.2) is 44.4 Å². The van der Waals surface area contributed by atoms with Gasteiger partial charge in [-0.2, -0.15) is 5.10 Å². The highest BCUT2D eigenvalue weighted by Gasteiger charge is 2.27. The lowest BCUT2D eigenvalue weighted by Crippen LogP contribution is -2.44. The third-order valence-electron chi connectivity index (χ3n) is 6.99. The number of hydrogen-bond acceptors (Lipinski definition) is 4. The largest absolute Gasteiger partial charge is 0.495 e. The van der Waals surface area contributed by atoms with Crippen molar-refractivity contribution < 1.29 is 19.4 Å². The monoisotopic (exact) mass is 528 g/mol. The molecular formula is C31H36N4O4. The molecule has 8 nitrogen and oxygen atoms in total. The van der Waals surface area contributed by atoms with Crippen molar-refractivity contribution in [3.63, 3.8) is 0 Å². The number of ether oxygens (including phenoxy) is 1. The molecule has 0 aliphatic carbocycles. The Hall–Kier alpha value is -4.33. The molecule has 39 heavy (non-hydrogen) atoms. The van der Waals surface area contributed by atoms with Gasteiger partial charge in [0.05, 0.1) is 19.3 Å². The van der Waals surface area contributed by atoms with E-state index in [-0.39, 0.29) is 18.5 Å². The number of methoxy groups -OCH3 is 1. The van der Waals surface area contributed by atoms with Gasteiger partial charge in [-0.15, -0.1) is 0 Å². The van der Waals surface area contributed by atoms with Gasteiger partial charge in [-0.3, -0.25) is 14.4 Å². The molecule has 8 heteroatoms. The van der Waals surface area contributed by atoms with Crippen LogP contribution in [0.25, 0.3) is 21.9 Å². The van der Waals surface area contributed by atoms with Crippen molar-refractivity contribution in [2.75, 3.05) is 7.11 Å². The lowest BCUT2D eigenvalue weighted by atomic mass is 9.93. The van der Waals surface area contributed by atoms with Gasteiger partial charge in [0.15, 0.2) is 0 Å². The number of nitrogens with zero attached hydrogens (tertiary/aromatic N) is 3. The van der Waals surface area contributed by atoms with Crippen LogP contribution in [0.2, 0.25) is 0 Å². The summed E-state index contributed by atoms with van der Waals surface area (Å²) < 4.78 is 7.58. The Balaban J connectivity index is 1.69. The summed E-state index contributed by atoms with van der Waals surface area (Å²) in [7, 11) is 3.53. The van der Waals surface area contributed by atoms with E-state index in [0.717, 1.165) is 44.3 Å². The van der Waals surface area contributed by atoms with Gasteiger partial charge in [-0.25, -0.2) is 4.79 Å². The van der Waals surface area contributed by atoms with E-state index in [9.17, 15) is 14.7 Å². The normalized spacial score (nSPS) is 12.3. The maximum Gasteiger partial charge on any atom is 0.408 e. The number of fused-ring (bicyclic) bond motifs is 1. The molecule has 1 atom stereocenters. The topological polar surface area (TPSA) is 96.7 Å². The van der Waals surface area contributed by atoms with E-state index in [4.69, 9.17) is 4.74 Å². The zero-order chi connectivity index (χ0) is 28.5. The zero-order valence-electron chi connectivity index (χ0n) is 23.6. The second-order valence-corrected chi connectivity index (χ2v) is 10.9. The molecule has 204 valence electrons. The Morgan fingerprint density at radius 2 is 1.82 bits per heavy atom. The van der Waals surface area contributed by atoms with Crippen molar-refractivity contribution in [2.24, 2.45) is 7.05 Å². The summed E-state index contributed by atoms with van der Waals surface area (Å²) in [5.74, 6) is 0.536. The van der Waals surface area contributed by atoms with Crippen LogP contribution >= 0.6 is 0 Å². The maximum absolute atomic E-state index is 13.6. The fourth-order valence-electron chi connectivity index (χ4n) is 4.87. The Labute approximate surface area is 229 Å². The summed E-state index contributed by atoms with van der Waals surface area (Å²) in [5, 5.41) is 19.1. The first-order chi connectivity index (χ1) is 18.4. The average molecular weight is 529 g/mol. The second-order valence-electron chi connectivity index (χ2n) is 10.9. The molecule has 1 heterocycles. The summed E-state index contributed by atoms with van der Waals surface area (Å²) in [5.41, 5.74) is 4.29. The number of amides is 2. The van der Waals surface area contributed by atoms with Crippen LogP contribution in [0.4, 0.5) is 4.79 Å². The van der Waals surface area contributed by atoms with E-state index in [0.29, 0.717) is 5.56 Å². The Morgan fingerprint density at radius 1 is 1.13 bits per heavy atom. The molecule has 0 spiro atoms. The number of carbonyl (C=O) groups excluding carboxylic acids is 1. The molecule has 2 amide bonds. The highest BCUT2D eigenvalue weighted by Crippen LogP contribution is 2.40. The van der Waals surface area contributed by atoms with Gasteiger partial charge in [0.25, 0.3) is 5.91 Å². The standard InChI is InChI=1S/C31H36N4O4/c1-19-12-13-21(17-35(30(37)38)31(3,4)5)14-25(19)29(36)33-20(2)26-15-27(22-16-32-34(6)18-22)28(39-7)24-11-9-8-10-23(24)26/h8-16,18,20H,17H2,1-7H3,(H,33,36)(H,37,38). The fraction of sp³-hybridized carbons (Fsp3) is 0.323. The summed E-state index contributed by atoms with van der Waals surface area (Å²) >= 11 is 0. The minimum Gasteiger partial charge on any atom is -0.495 e. The van der Waals surface area contributed by atoms with E-state index in [1.807, 2.05) is 84.3 Å². The Morgan fingerprint density at radius 3 is 2.41 bits per heavy atom. The minimum atomic E-state index is -1.00. The molecule has 0 fully saturated rings. The molecule has 0 saturated carbocycles. The molecule has 0 aliphatic heterocycles. The number of carboxylic acid groups (broad SMARTS) is 1. The van der Waals surface area contributed by atoms with Crippen molar-refractivity contribution in [2.45, 2.75) is 52.7 Å². The molecule has 0 radical (unpaired) electrons. The number of hydrogen-bond donors (Lipinski definition) is 2. The quantitative estimate of drug-likeness (QED) is 0.292. The fourth-order valence-corrected chi connectivity index (χ4v) is 4.87. The molecule has 0 aliphatic rings. The second kappa shape index (κ2) is 10.8. The van der Waals surface area contributed by atoms with E-state index >= 15 is 0 Å². The Kier molecular flexibility index (Phi) is 7.67. The molecule has 3 aromatic carbocycles. The predicted octanol–water partition coefficient (Wildman–Crippen LogP) is 6.33. The highest BCUT2D eigenvalue weighted by molar-refractivity contribution is 5.99. The number of nitrogens with one attached hydrogen (secondary N) is 1. The van der Waals surface area contributed by atoms with E-state index in [2.05, 4.69) is 16.5 Å². The van der Waals surface area contributed by atoms with Gasteiger partial charge in [0, 0.05) is 47.4 Å². The minimum absolute atomic E-state index is 0.187. The Bertz CT molecular complexity index is 1530. The maximum atomic E-state index is 13.6. The van der Waals surface area contributed by atoms with Crippen molar-refractivity contribution in [1.82, 2.24) is 20.0 Å². The SMILES string of the molecule is COc1c(-c2cnn(C)c2)cc(C(C)NC(=O)c2cc(CN(C(=O)O)C(C)(C)C)ccc2C)c2ccccc12. The van der Waals surface area contributed by atoms with Crippen molar-refractivity contribution in [3.05, 3.63) is 83.2 Å². The van der Waals surface area contributed by atoms with Crippen molar-refractivity contribution in [1.29, 1.82) is 0 Å². The van der Waals surface area contributed by atoms with Crippen LogP contribution in [-0.2, 0) is 13.6 Å². The van der Waals surface area contributed by atoms with Crippen molar-refractivity contribution in [3.8, 4) is 16.9 Å². The van der Waals surface area contributed by atoms with Gasteiger partial charge < -0.3 is 15.2 Å². The molecule has 0 bridgehead atoms. The van der Waals surface area contributed by atoms with Gasteiger partial charge in [-0.05, 0) is 68.8 Å². The molecule has 4 rings (SSSR count). The number of aromatic nitrogens is 2. The number of carbonyl (C=O) groups is 2. The van der Waals surface area contributed by atoms with Crippen LogP contribution in [0.3, 0.4) is 0 Å². The molecule has 1 aromatic heterocycles. The summed E-state index contributed by atoms with van der Waals surface area (Å²) in [6, 6.07) is 15.2. The van der Waals surface area contributed by atoms with Gasteiger partial charge in [-0.1, -0.05) is 36.4 Å². The predicted molar refractivity (Wildman–Crippen MR) is 153 cm³/mol. The van der Waals surface area contributed by atoms with Gasteiger partial charge in [0.2, 0.25) is 0 Å². The molecule has 1 unspecified atom stereocenters. The van der Waals surface area contributed by atoms with E-state index in [1.165, 1.54) is 4.90 Å². The number of aryl methyl sites for hydroxylation is 2. The third kappa shape index (κ3) is 5.74. The first-order valence-corrected chi connectivity index (χ1v) is 12.9. The molecule has 2 N–H and O–H groups in total. The molecule has 0 saturated heterocycles. The number of benzene rings is 3. The van der Waals surface area contributed by atoms with Crippen molar-refractivity contribution >= 4 is 22.8 Å². The molecule has 4 aromatic rings. The van der Waals surface area contributed by atoms with Crippen LogP contribution in [0.5, 0.6) is 5.75 Å². The van der Waals surface area contributed by atoms with Gasteiger partial charge in [0.1, 0.15) is 5.75 Å². The van der Waals surface area contributed by atoms with Crippen LogP contribution < -0.4 is 10.1 Å². The third-order valence-corrected chi connectivity index (χ3v) is 6.99. The first kappa shape index (κ1) is 27.7. The highest BCUT2D eigenvalue weighted by atomic mass is 16.5. The summed E-state index contributed by atoms with van der Waals surface area (Å²) in [4.78, 5) is 26.8. The van der Waals surface area contributed by atoms with Crippen LogP contribution in [0.15, 0.2) is 60.9 Å². The zero-order valence-corrected chi connectivity index (χ0v) is 23.6. The lowest BCUT2D eigenvalue weighted by Gasteiger charge is -2.33.